The summed E-state index contributed by atoms with van der Waals surface area (Å²) >= 11 is 0. The van der Waals surface area contributed by atoms with E-state index in [9.17, 15) is 17.6 Å². The molecular weight excluding hydrogens is 299 g/mol. The van der Waals surface area contributed by atoms with E-state index in [1.54, 1.807) is 17.8 Å². The largest absolute Gasteiger partial charge is 0.478 e. The molecule has 0 saturated heterocycles. The number of aromatic nitrogens is 2. The van der Waals surface area contributed by atoms with Crippen molar-refractivity contribution in [3.8, 4) is 0 Å². The highest BCUT2D eigenvalue weighted by atomic mass is 32.2. The molecule has 6 nitrogen and oxygen atoms in total. The van der Waals surface area contributed by atoms with Gasteiger partial charge in [0, 0.05) is 25.9 Å². The molecule has 1 aromatic carbocycles. The number of carboxylic acids is 1. The highest BCUT2D eigenvalue weighted by Crippen LogP contribution is 2.19. The molecule has 0 aliphatic carbocycles. The fraction of sp³-hybridized carbons (Fsp3) is 0.231. The number of carboxylic acid groups (broad SMARTS) is 1. The number of nitrogens with zero attached hydrogens (tertiary/aromatic N) is 2. The minimum absolute atomic E-state index is 0.114. The molecule has 112 valence electrons. The monoisotopic (exact) mass is 312 g/mol. The van der Waals surface area contributed by atoms with Gasteiger partial charge in [0.25, 0.3) is 0 Å². The average molecular weight is 312 g/mol. The van der Waals surface area contributed by atoms with E-state index in [4.69, 9.17) is 5.11 Å². The fourth-order valence-corrected chi connectivity index (χ4v) is 3.19. The Morgan fingerprint density at radius 3 is 2.71 bits per heavy atom. The molecule has 2 aromatic rings. The van der Waals surface area contributed by atoms with Gasteiger partial charge in [-0.2, -0.15) is 0 Å². The van der Waals surface area contributed by atoms with E-state index >= 15 is 0 Å². The standard InChI is InChI=1S/C13H13FN2O4S/c1-16-6-5-15-12(16)4-7-21(19,20)11-8-9(13(17)18)2-3-10(11)14/h2-3,5-6,8H,4,7H2,1H3,(H,17,18). The maximum atomic E-state index is 13.7. The molecule has 0 bridgehead atoms. The Morgan fingerprint density at radius 2 is 2.14 bits per heavy atom. The van der Waals surface area contributed by atoms with Gasteiger partial charge in [-0.25, -0.2) is 22.6 Å². The lowest BCUT2D eigenvalue weighted by molar-refractivity contribution is 0.0696. The fourth-order valence-electron chi connectivity index (χ4n) is 1.85. The van der Waals surface area contributed by atoms with Gasteiger partial charge >= 0.3 is 5.97 Å². The van der Waals surface area contributed by atoms with Crippen molar-refractivity contribution < 1.29 is 22.7 Å². The lowest BCUT2D eigenvalue weighted by Gasteiger charge is -2.07. The van der Waals surface area contributed by atoms with Crippen molar-refractivity contribution in [3.63, 3.8) is 0 Å². The van der Waals surface area contributed by atoms with Gasteiger partial charge in [-0.15, -0.1) is 0 Å². The van der Waals surface area contributed by atoms with Gasteiger partial charge in [-0.3, -0.25) is 0 Å². The first-order chi connectivity index (χ1) is 9.81. The number of aryl methyl sites for hydroxylation is 2. The van der Waals surface area contributed by atoms with Gasteiger partial charge in [-0.1, -0.05) is 0 Å². The smallest absolute Gasteiger partial charge is 0.335 e. The Bertz CT molecular complexity index is 783. The minimum Gasteiger partial charge on any atom is -0.478 e. The van der Waals surface area contributed by atoms with Crippen LogP contribution in [0.4, 0.5) is 4.39 Å². The lowest BCUT2D eigenvalue weighted by atomic mass is 10.2. The number of hydrogen-bond acceptors (Lipinski definition) is 4. The van der Waals surface area contributed by atoms with Crippen molar-refractivity contribution in [1.82, 2.24) is 9.55 Å². The zero-order valence-corrected chi connectivity index (χ0v) is 12.0. The Balaban J connectivity index is 2.29. The molecule has 1 aromatic heterocycles. The molecule has 0 amide bonds. The molecule has 1 N–H and O–H groups in total. The summed E-state index contributed by atoms with van der Waals surface area (Å²) in [7, 11) is -2.21. The maximum Gasteiger partial charge on any atom is 0.335 e. The summed E-state index contributed by atoms with van der Waals surface area (Å²) in [6, 6.07) is 2.71. The molecule has 0 radical (unpaired) electrons. The average Bonchev–Trinajstić information content (AvgIpc) is 2.82. The number of rotatable bonds is 5. The van der Waals surface area contributed by atoms with E-state index < -0.39 is 26.5 Å². The third-order valence-electron chi connectivity index (χ3n) is 3.03. The quantitative estimate of drug-likeness (QED) is 0.898. The Kier molecular flexibility index (Phi) is 4.08. The molecule has 0 fully saturated rings. The summed E-state index contributed by atoms with van der Waals surface area (Å²) in [5.41, 5.74) is -0.271. The normalized spacial score (nSPS) is 11.5. The van der Waals surface area contributed by atoms with E-state index in [1.165, 1.54) is 6.20 Å². The molecule has 1 heterocycles. The van der Waals surface area contributed by atoms with Gasteiger partial charge < -0.3 is 9.67 Å². The second kappa shape index (κ2) is 5.65. The molecule has 0 spiro atoms. The maximum absolute atomic E-state index is 13.7. The summed E-state index contributed by atoms with van der Waals surface area (Å²) in [4.78, 5) is 14.2. The predicted molar refractivity (Wildman–Crippen MR) is 72.3 cm³/mol. The molecule has 0 aliphatic heterocycles. The molecular formula is C13H13FN2O4S. The number of aromatic carboxylic acids is 1. The van der Waals surface area contributed by atoms with Gasteiger partial charge in [0.2, 0.25) is 0 Å². The second-order valence-electron chi connectivity index (χ2n) is 4.47. The molecule has 0 atom stereocenters. The van der Waals surface area contributed by atoms with Gasteiger partial charge in [-0.05, 0) is 18.2 Å². The third kappa shape index (κ3) is 3.27. The van der Waals surface area contributed by atoms with Gasteiger partial charge in [0.05, 0.1) is 11.3 Å². The predicted octanol–water partition coefficient (Wildman–Crippen LogP) is 1.27. The first-order valence-corrected chi connectivity index (χ1v) is 7.68. The van der Waals surface area contributed by atoms with Crippen molar-refractivity contribution in [3.05, 3.63) is 47.8 Å². The Morgan fingerprint density at radius 1 is 1.43 bits per heavy atom. The van der Waals surface area contributed by atoms with Crippen molar-refractivity contribution >= 4 is 15.8 Å². The number of halogens is 1. The van der Waals surface area contributed by atoms with E-state index in [0.29, 0.717) is 5.82 Å². The number of carbonyl (C=O) groups is 1. The van der Waals surface area contributed by atoms with Crippen LogP contribution in [0.25, 0.3) is 0 Å². The van der Waals surface area contributed by atoms with Crippen LogP contribution in [0, 0.1) is 5.82 Å². The van der Waals surface area contributed by atoms with Crippen molar-refractivity contribution in [1.29, 1.82) is 0 Å². The van der Waals surface area contributed by atoms with E-state index in [2.05, 4.69) is 4.98 Å². The van der Waals surface area contributed by atoms with Crippen LogP contribution in [0.5, 0.6) is 0 Å². The highest BCUT2D eigenvalue weighted by molar-refractivity contribution is 7.91. The third-order valence-corrected chi connectivity index (χ3v) is 4.75. The molecule has 0 saturated carbocycles. The number of benzene rings is 1. The first kappa shape index (κ1) is 15.2. The van der Waals surface area contributed by atoms with Crippen LogP contribution in [0.15, 0.2) is 35.5 Å². The molecule has 2 rings (SSSR count). The molecule has 0 aliphatic rings. The number of sulfone groups is 1. The molecule has 21 heavy (non-hydrogen) atoms. The summed E-state index contributed by atoms with van der Waals surface area (Å²) in [6.45, 7) is 0. The van der Waals surface area contributed by atoms with Gasteiger partial charge in [0.15, 0.2) is 9.84 Å². The number of imidazole rings is 1. The summed E-state index contributed by atoms with van der Waals surface area (Å²) in [6.07, 6.45) is 3.32. The molecule has 8 heteroatoms. The van der Waals surface area contributed by atoms with Crippen LogP contribution in [-0.4, -0.2) is 34.8 Å². The first-order valence-electron chi connectivity index (χ1n) is 6.03. The van der Waals surface area contributed by atoms with Gasteiger partial charge in [0.1, 0.15) is 16.5 Å². The van der Waals surface area contributed by atoms with Crippen molar-refractivity contribution in [2.45, 2.75) is 11.3 Å². The minimum atomic E-state index is -3.93. The van der Waals surface area contributed by atoms with E-state index in [1.807, 2.05) is 0 Å². The van der Waals surface area contributed by atoms with Crippen molar-refractivity contribution in [2.75, 3.05) is 5.75 Å². The van der Waals surface area contributed by atoms with Crippen LogP contribution in [-0.2, 0) is 23.3 Å². The Labute approximate surface area is 120 Å². The summed E-state index contributed by atoms with van der Waals surface area (Å²) in [5, 5.41) is 8.85. The zero-order chi connectivity index (χ0) is 15.6. The second-order valence-corrected chi connectivity index (χ2v) is 6.55. The summed E-state index contributed by atoms with van der Waals surface area (Å²) in [5.74, 6) is -2.07. The van der Waals surface area contributed by atoms with E-state index in [-0.39, 0.29) is 17.7 Å². The highest BCUT2D eigenvalue weighted by Gasteiger charge is 2.21. The Hall–Kier alpha value is -2.22. The van der Waals surface area contributed by atoms with Crippen LogP contribution in [0.3, 0.4) is 0 Å². The summed E-state index contributed by atoms with van der Waals surface area (Å²) < 4.78 is 39.7. The number of hydrogen-bond donors (Lipinski definition) is 1. The SMILES string of the molecule is Cn1ccnc1CCS(=O)(=O)c1cc(C(=O)O)ccc1F. The van der Waals surface area contributed by atoms with Crippen LogP contribution < -0.4 is 0 Å². The van der Waals surface area contributed by atoms with Crippen LogP contribution in [0.1, 0.15) is 16.2 Å². The lowest BCUT2D eigenvalue weighted by Crippen LogP contribution is -2.14. The van der Waals surface area contributed by atoms with E-state index in [0.717, 1.165) is 18.2 Å². The topological polar surface area (TPSA) is 89.3 Å². The van der Waals surface area contributed by atoms with Crippen LogP contribution in [0.2, 0.25) is 0 Å². The molecule has 0 unspecified atom stereocenters. The van der Waals surface area contributed by atoms with Crippen molar-refractivity contribution in [2.24, 2.45) is 7.05 Å². The van der Waals surface area contributed by atoms with Crippen LogP contribution >= 0.6 is 0 Å². The zero-order valence-electron chi connectivity index (χ0n) is 11.2.